The van der Waals surface area contributed by atoms with Gasteiger partial charge < -0.3 is 14.8 Å². The van der Waals surface area contributed by atoms with Gasteiger partial charge in [-0.1, -0.05) is 23.5 Å². The Balaban J connectivity index is 1.57. The number of hydrogen-bond donors (Lipinski definition) is 1. The van der Waals surface area contributed by atoms with Gasteiger partial charge in [0, 0.05) is 19.2 Å². The third-order valence-electron chi connectivity index (χ3n) is 3.74. The normalized spacial score (nSPS) is 19.7. The van der Waals surface area contributed by atoms with Crippen molar-refractivity contribution >= 4 is 22.4 Å². The number of aromatic nitrogens is 1. The van der Waals surface area contributed by atoms with Crippen LogP contribution in [0.1, 0.15) is 22.8 Å². The summed E-state index contributed by atoms with van der Waals surface area (Å²) in [6, 6.07) is 7.91. The Labute approximate surface area is 133 Å². The van der Waals surface area contributed by atoms with Gasteiger partial charge in [-0.05, 0) is 30.0 Å². The monoisotopic (exact) mass is 318 g/mol. The molecule has 3 rings (SSSR count). The third-order valence-corrected chi connectivity index (χ3v) is 4.63. The van der Waals surface area contributed by atoms with Gasteiger partial charge in [-0.25, -0.2) is 4.98 Å². The molecule has 1 saturated carbocycles. The van der Waals surface area contributed by atoms with Crippen molar-refractivity contribution in [3.05, 3.63) is 40.9 Å². The summed E-state index contributed by atoms with van der Waals surface area (Å²) in [7, 11) is 3.29. The number of hydrogen-bond acceptors (Lipinski definition) is 5. The second-order valence-electron chi connectivity index (χ2n) is 5.28. The lowest BCUT2D eigenvalue weighted by Crippen LogP contribution is -2.14. The first kappa shape index (κ1) is 15.0. The van der Waals surface area contributed by atoms with Crippen LogP contribution in [0.15, 0.2) is 30.5 Å². The van der Waals surface area contributed by atoms with Gasteiger partial charge in [-0.3, -0.25) is 4.79 Å². The van der Waals surface area contributed by atoms with Crippen molar-refractivity contribution in [2.45, 2.75) is 18.9 Å². The minimum absolute atomic E-state index is 0.0307. The molecule has 0 bridgehead atoms. The molecule has 1 aromatic heterocycles. The molecule has 116 valence electrons. The summed E-state index contributed by atoms with van der Waals surface area (Å²) < 4.78 is 10.2. The smallest absolute Gasteiger partial charge is 0.229 e. The van der Waals surface area contributed by atoms with Crippen LogP contribution in [0.4, 0.5) is 5.13 Å². The fourth-order valence-electron chi connectivity index (χ4n) is 2.48. The molecule has 1 aromatic carbocycles. The molecule has 0 aliphatic heterocycles. The van der Waals surface area contributed by atoms with E-state index >= 15 is 0 Å². The molecule has 0 saturated heterocycles. The number of carbonyl (C=O) groups is 1. The topological polar surface area (TPSA) is 60.5 Å². The molecular formula is C16H18N2O3S. The maximum Gasteiger partial charge on any atom is 0.229 e. The van der Waals surface area contributed by atoms with E-state index in [9.17, 15) is 4.79 Å². The Morgan fingerprint density at radius 1 is 1.36 bits per heavy atom. The van der Waals surface area contributed by atoms with Crippen LogP contribution >= 0.6 is 11.3 Å². The number of methoxy groups -OCH3 is 2. The first-order valence-electron chi connectivity index (χ1n) is 7.09. The second kappa shape index (κ2) is 6.46. The van der Waals surface area contributed by atoms with Crippen LogP contribution in [-0.4, -0.2) is 25.1 Å². The summed E-state index contributed by atoms with van der Waals surface area (Å²) in [6.07, 6.45) is 2.62. The SMILES string of the molecule is COCc1cnc(NC(=O)[C@@H]2C[C@H]2c2ccc(OC)cc2)s1. The third kappa shape index (κ3) is 3.28. The molecule has 6 heteroatoms. The number of carbonyl (C=O) groups excluding carboxylic acids is 1. The van der Waals surface area contributed by atoms with Crippen molar-refractivity contribution in [3.63, 3.8) is 0 Å². The number of anilines is 1. The average molecular weight is 318 g/mol. The van der Waals surface area contributed by atoms with E-state index in [1.54, 1.807) is 20.4 Å². The van der Waals surface area contributed by atoms with Gasteiger partial charge in [0.25, 0.3) is 0 Å². The molecule has 0 radical (unpaired) electrons. The molecule has 1 aliphatic rings. The first-order valence-corrected chi connectivity index (χ1v) is 7.91. The lowest BCUT2D eigenvalue weighted by Gasteiger charge is -2.03. The van der Waals surface area contributed by atoms with Crippen LogP contribution in [0.2, 0.25) is 0 Å². The molecule has 1 N–H and O–H groups in total. The lowest BCUT2D eigenvalue weighted by atomic mass is 10.1. The maximum atomic E-state index is 12.2. The molecule has 2 atom stereocenters. The van der Waals surface area contributed by atoms with E-state index in [2.05, 4.69) is 10.3 Å². The summed E-state index contributed by atoms with van der Waals surface area (Å²) in [5.41, 5.74) is 1.18. The highest BCUT2D eigenvalue weighted by molar-refractivity contribution is 7.15. The Hall–Kier alpha value is -1.92. The van der Waals surface area contributed by atoms with Gasteiger partial charge in [0.2, 0.25) is 5.91 Å². The molecule has 1 heterocycles. The predicted octanol–water partition coefficient (Wildman–Crippen LogP) is 3.04. The molecule has 1 amide bonds. The molecule has 1 aliphatic carbocycles. The van der Waals surface area contributed by atoms with Gasteiger partial charge in [0.1, 0.15) is 5.75 Å². The van der Waals surface area contributed by atoms with Gasteiger partial charge in [-0.15, -0.1) is 0 Å². The number of benzene rings is 1. The first-order chi connectivity index (χ1) is 10.7. The van der Waals surface area contributed by atoms with Gasteiger partial charge in [0.15, 0.2) is 5.13 Å². The zero-order valence-electron chi connectivity index (χ0n) is 12.5. The molecular weight excluding hydrogens is 300 g/mol. The van der Waals surface area contributed by atoms with E-state index in [1.807, 2.05) is 24.3 Å². The Kier molecular flexibility index (Phi) is 4.40. The minimum Gasteiger partial charge on any atom is -0.497 e. The molecule has 1 fully saturated rings. The van der Waals surface area contributed by atoms with E-state index in [1.165, 1.54) is 16.9 Å². The largest absolute Gasteiger partial charge is 0.497 e. The van der Waals surface area contributed by atoms with Crippen molar-refractivity contribution in [2.75, 3.05) is 19.5 Å². The predicted molar refractivity (Wildman–Crippen MR) is 85.3 cm³/mol. The van der Waals surface area contributed by atoms with E-state index in [-0.39, 0.29) is 11.8 Å². The van der Waals surface area contributed by atoms with Crippen LogP contribution in [0.3, 0.4) is 0 Å². The zero-order chi connectivity index (χ0) is 15.5. The van der Waals surface area contributed by atoms with Gasteiger partial charge >= 0.3 is 0 Å². The van der Waals surface area contributed by atoms with Crippen molar-refractivity contribution in [1.29, 1.82) is 0 Å². The van der Waals surface area contributed by atoms with Gasteiger partial charge in [0.05, 0.1) is 18.6 Å². The van der Waals surface area contributed by atoms with Crippen LogP contribution in [0.5, 0.6) is 5.75 Å². The van der Waals surface area contributed by atoms with E-state index in [0.29, 0.717) is 17.7 Å². The average Bonchev–Trinajstić information content (AvgIpc) is 3.23. The molecule has 2 aromatic rings. The van der Waals surface area contributed by atoms with Crippen LogP contribution < -0.4 is 10.1 Å². The standard InChI is InChI=1S/C16H18N2O3S/c1-20-9-12-8-17-16(22-12)18-15(19)14-7-13(14)10-3-5-11(21-2)6-4-10/h3-6,8,13-14H,7,9H2,1-2H3,(H,17,18,19)/t13-,14+/m0/s1. The van der Waals surface area contributed by atoms with Crippen LogP contribution in [0.25, 0.3) is 0 Å². The van der Waals surface area contributed by atoms with Crippen LogP contribution in [-0.2, 0) is 16.1 Å². The number of ether oxygens (including phenoxy) is 2. The van der Waals surface area contributed by atoms with Crippen molar-refractivity contribution < 1.29 is 14.3 Å². The summed E-state index contributed by atoms with van der Waals surface area (Å²) in [4.78, 5) is 17.4. The molecule has 5 nitrogen and oxygen atoms in total. The Morgan fingerprint density at radius 3 is 2.82 bits per heavy atom. The minimum atomic E-state index is 0.0307. The molecule has 22 heavy (non-hydrogen) atoms. The fourth-order valence-corrected chi connectivity index (χ4v) is 3.26. The fraction of sp³-hybridized carbons (Fsp3) is 0.375. The van der Waals surface area contributed by atoms with E-state index in [4.69, 9.17) is 9.47 Å². The zero-order valence-corrected chi connectivity index (χ0v) is 13.4. The number of nitrogens with one attached hydrogen (secondary N) is 1. The van der Waals surface area contributed by atoms with E-state index in [0.717, 1.165) is 17.0 Å². The molecule has 0 unspecified atom stereocenters. The number of rotatable bonds is 6. The number of thiazole rings is 1. The highest BCUT2D eigenvalue weighted by atomic mass is 32.1. The van der Waals surface area contributed by atoms with Crippen LogP contribution in [0, 0.1) is 5.92 Å². The summed E-state index contributed by atoms with van der Waals surface area (Å²) in [6.45, 7) is 0.519. The lowest BCUT2D eigenvalue weighted by molar-refractivity contribution is -0.117. The van der Waals surface area contributed by atoms with Gasteiger partial charge in [-0.2, -0.15) is 0 Å². The van der Waals surface area contributed by atoms with Crippen molar-refractivity contribution in [1.82, 2.24) is 4.98 Å². The second-order valence-corrected chi connectivity index (χ2v) is 6.39. The van der Waals surface area contributed by atoms with Crippen molar-refractivity contribution in [2.24, 2.45) is 5.92 Å². The number of amides is 1. The summed E-state index contributed by atoms with van der Waals surface area (Å²) >= 11 is 1.45. The van der Waals surface area contributed by atoms with Crippen molar-refractivity contribution in [3.8, 4) is 5.75 Å². The summed E-state index contributed by atoms with van der Waals surface area (Å²) in [5, 5.41) is 3.53. The summed E-state index contributed by atoms with van der Waals surface area (Å²) in [5.74, 6) is 1.20. The maximum absolute atomic E-state index is 12.2. The highest BCUT2D eigenvalue weighted by Crippen LogP contribution is 2.48. The highest BCUT2D eigenvalue weighted by Gasteiger charge is 2.44. The number of nitrogens with zero attached hydrogens (tertiary/aromatic N) is 1. The Morgan fingerprint density at radius 2 is 2.14 bits per heavy atom. The molecule has 0 spiro atoms. The van der Waals surface area contributed by atoms with E-state index < -0.39 is 0 Å². The quantitative estimate of drug-likeness (QED) is 0.889. The Bertz CT molecular complexity index is 654.